The Morgan fingerprint density at radius 2 is 1.77 bits per heavy atom. The van der Waals surface area contributed by atoms with E-state index >= 15 is 0 Å². The third kappa shape index (κ3) is 6.16. The Hall–Kier alpha value is -3.27. The monoisotopic (exact) mass is 617 g/mol. The van der Waals surface area contributed by atoms with E-state index in [-0.39, 0.29) is 19.6 Å². The number of rotatable bonds is 9. The second kappa shape index (κ2) is 12.7. The summed E-state index contributed by atoms with van der Waals surface area (Å²) in [5, 5.41) is 0.472. The molecule has 0 saturated carbocycles. The first-order valence-electron chi connectivity index (χ1n) is 12.3. The van der Waals surface area contributed by atoms with Gasteiger partial charge >= 0.3 is 5.97 Å². The van der Waals surface area contributed by atoms with Gasteiger partial charge in [0.1, 0.15) is 29.5 Å². The molecule has 0 aliphatic carbocycles. The molecule has 1 aliphatic heterocycles. The molecule has 2 atom stereocenters. The fraction of sp³-hybridized carbons (Fsp3) is 0.310. The Kier molecular flexibility index (Phi) is 9.37. The lowest BCUT2D eigenvalue weighted by Crippen LogP contribution is -2.40. The first kappa shape index (κ1) is 28.7. The third-order valence-electron chi connectivity index (χ3n) is 6.38. The molecule has 0 saturated heterocycles. The van der Waals surface area contributed by atoms with Gasteiger partial charge < -0.3 is 28.6 Å². The lowest BCUT2D eigenvalue weighted by Gasteiger charge is -2.26. The highest BCUT2D eigenvalue weighted by Crippen LogP contribution is 2.44. The van der Waals surface area contributed by atoms with Crippen molar-refractivity contribution in [2.24, 2.45) is 0 Å². The second-order valence-electron chi connectivity index (χ2n) is 8.68. The predicted molar refractivity (Wildman–Crippen MR) is 151 cm³/mol. The van der Waals surface area contributed by atoms with E-state index in [2.05, 4.69) is 15.9 Å². The summed E-state index contributed by atoms with van der Waals surface area (Å²) in [6.07, 6.45) is -2.15. The van der Waals surface area contributed by atoms with E-state index in [0.717, 1.165) is 5.56 Å². The number of hydrogen-bond acceptors (Lipinski definition) is 7. The van der Waals surface area contributed by atoms with Crippen molar-refractivity contribution in [3.05, 3.63) is 80.8 Å². The van der Waals surface area contributed by atoms with Gasteiger partial charge in [0, 0.05) is 27.8 Å². The number of esters is 1. The van der Waals surface area contributed by atoms with Gasteiger partial charge in [-0.15, -0.1) is 0 Å². The molecular weight excluding hydrogens is 590 g/mol. The minimum atomic E-state index is -1.14. The fourth-order valence-corrected chi connectivity index (χ4v) is 5.34. The first-order chi connectivity index (χ1) is 18.8. The highest BCUT2D eigenvalue weighted by atomic mass is 79.9. The molecule has 3 aromatic rings. The highest BCUT2D eigenvalue weighted by Gasteiger charge is 2.39. The van der Waals surface area contributed by atoms with Crippen LogP contribution in [0.3, 0.4) is 0 Å². The number of amides is 1. The van der Waals surface area contributed by atoms with Crippen LogP contribution in [-0.4, -0.2) is 45.9 Å². The van der Waals surface area contributed by atoms with Crippen LogP contribution < -0.4 is 19.1 Å². The van der Waals surface area contributed by atoms with Crippen molar-refractivity contribution in [3.8, 4) is 17.2 Å². The maximum Gasteiger partial charge on any atom is 0.308 e. The number of hydrogen-bond donors (Lipinski definition) is 0. The van der Waals surface area contributed by atoms with Crippen LogP contribution in [0, 0.1) is 0 Å². The smallest absolute Gasteiger partial charge is 0.308 e. The summed E-state index contributed by atoms with van der Waals surface area (Å²) in [6, 6.07) is 16.2. The Balaban J connectivity index is 1.88. The van der Waals surface area contributed by atoms with Gasteiger partial charge in [-0.25, -0.2) is 0 Å². The number of carbonyl (C=O) groups excluding carboxylic acids is 2. The van der Waals surface area contributed by atoms with Gasteiger partial charge in [0.05, 0.1) is 51.1 Å². The van der Waals surface area contributed by atoms with E-state index in [1.807, 2.05) is 24.3 Å². The number of methoxy groups -OCH3 is 3. The molecule has 0 fully saturated rings. The van der Waals surface area contributed by atoms with E-state index in [9.17, 15) is 9.59 Å². The molecule has 0 aromatic heterocycles. The van der Waals surface area contributed by atoms with E-state index in [4.69, 9.17) is 35.3 Å². The SMILES string of the molecule is CCOC(=O)CC1O[C@H](c2cccc(OC)c2Br)c2cc(Cl)ccc2N(Cc2ccc(OC)cc2OC)C1=O. The minimum absolute atomic E-state index is 0.148. The van der Waals surface area contributed by atoms with Crippen molar-refractivity contribution < 1.29 is 33.3 Å². The minimum Gasteiger partial charge on any atom is -0.497 e. The topological polar surface area (TPSA) is 83.5 Å². The van der Waals surface area contributed by atoms with Crippen molar-refractivity contribution in [2.75, 3.05) is 32.8 Å². The molecular formula is C29H29BrClNO7. The van der Waals surface area contributed by atoms with Crippen LogP contribution in [0.15, 0.2) is 59.1 Å². The van der Waals surface area contributed by atoms with Crippen LogP contribution in [0.25, 0.3) is 0 Å². The lowest BCUT2D eigenvalue weighted by atomic mass is 9.98. The van der Waals surface area contributed by atoms with E-state index in [0.29, 0.717) is 43.6 Å². The van der Waals surface area contributed by atoms with Crippen molar-refractivity contribution >= 4 is 45.1 Å². The summed E-state index contributed by atoms with van der Waals surface area (Å²) in [5.74, 6) is 0.835. The van der Waals surface area contributed by atoms with Crippen LogP contribution in [0.5, 0.6) is 17.2 Å². The number of anilines is 1. The van der Waals surface area contributed by atoms with Gasteiger partial charge in [-0.2, -0.15) is 0 Å². The van der Waals surface area contributed by atoms with Gasteiger partial charge in [0.15, 0.2) is 0 Å². The molecule has 1 amide bonds. The molecule has 0 bridgehead atoms. The normalized spacial score (nSPS) is 16.8. The van der Waals surface area contributed by atoms with Gasteiger partial charge in [-0.05, 0) is 59.3 Å². The summed E-state index contributed by atoms with van der Waals surface area (Å²) < 4.78 is 28.7. The van der Waals surface area contributed by atoms with Crippen LogP contribution >= 0.6 is 27.5 Å². The van der Waals surface area contributed by atoms with Gasteiger partial charge in [-0.1, -0.05) is 23.7 Å². The van der Waals surface area contributed by atoms with Gasteiger partial charge in [-0.3, -0.25) is 9.59 Å². The number of nitrogens with zero attached hydrogens (tertiary/aromatic N) is 1. The lowest BCUT2D eigenvalue weighted by molar-refractivity contribution is -0.151. The van der Waals surface area contributed by atoms with Gasteiger partial charge in [0.2, 0.25) is 0 Å². The van der Waals surface area contributed by atoms with Crippen LogP contribution in [-0.2, 0) is 25.6 Å². The Labute approximate surface area is 240 Å². The van der Waals surface area contributed by atoms with E-state index in [1.54, 1.807) is 63.5 Å². The molecule has 0 radical (unpaired) electrons. The van der Waals surface area contributed by atoms with Crippen molar-refractivity contribution in [3.63, 3.8) is 0 Å². The maximum absolute atomic E-state index is 14.1. The number of fused-ring (bicyclic) bond motifs is 1. The zero-order chi connectivity index (χ0) is 28.1. The summed E-state index contributed by atoms with van der Waals surface area (Å²) in [6.45, 7) is 2.05. The standard InChI is InChI=1S/C29H29BrClNO7/c1-5-38-26(33)15-25-29(34)32(16-17-9-11-19(35-2)14-24(17)37-4)22-12-10-18(31)13-21(22)28(39-25)20-7-6-8-23(36-3)27(20)30/h6-14,25,28H,5,15-16H2,1-4H3/t25?,28-/m1/s1. The summed E-state index contributed by atoms with van der Waals surface area (Å²) >= 11 is 10.1. The van der Waals surface area contributed by atoms with Crippen molar-refractivity contribution in [2.45, 2.75) is 32.1 Å². The van der Waals surface area contributed by atoms with E-state index in [1.165, 1.54) is 0 Å². The number of halogens is 2. The van der Waals surface area contributed by atoms with Crippen LogP contribution in [0.2, 0.25) is 5.02 Å². The largest absolute Gasteiger partial charge is 0.497 e. The Morgan fingerprint density at radius 1 is 1.00 bits per heavy atom. The second-order valence-corrected chi connectivity index (χ2v) is 9.91. The highest BCUT2D eigenvalue weighted by molar-refractivity contribution is 9.10. The summed E-state index contributed by atoms with van der Waals surface area (Å²) in [4.78, 5) is 28.3. The number of carbonyl (C=O) groups is 2. The predicted octanol–water partition coefficient (Wildman–Crippen LogP) is 6.10. The molecule has 0 N–H and O–H groups in total. The van der Waals surface area contributed by atoms with Crippen LogP contribution in [0.4, 0.5) is 5.69 Å². The molecule has 1 unspecified atom stereocenters. The average molecular weight is 619 g/mol. The summed E-state index contributed by atoms with van der Waals surface area (Å²) in [7, 11) is 4.69. The first-order valence-corrected chi connectivity index (χ1v) is 13.4. The van der Waals surface area contributed by atoms with Gasteiger partial charge in [0.25, 0.3) is 5.91 Å². The molecule has 8 nitrogen and oxygen atoms in total. The summed E-state index contributed by atoms with van der Waals surface area (Å²) in [5.41, 5.74) is 2.70. The zero-order valence-electron chi connectivity index (χ0n) is 22.0. The van der Waals surface area contributed by atoms with Crippen molar-refractivity contribution in [1.82, 2.24) is 0 Å². The quantitative estimate of drug-likeness (QED) is 0.268. The van der Waals surface area contributed by atoms with Crippen LogP contribution in [0.1, 0.15) is 36.1 Å². The molecule has 3 aromatic carbocycles. The zero-order valence-corrected chi connectivity index (χ0v) is 24.4. The average Bonchev–Trinajstić information content (AvgIpc) is 3.04. The number of benzene rings is 3. The Bertz CT molecular complexity index is 1370. The maximum atomic E-state index is 14.1. The Morgan fingerprint density at radius 3 is 2.46 bits per heavy atom. The molecule has 1 aliphatic rings. The van der Waals surface area contributed by atoms with E-state index < -0.39 is 24.1 Å². The molecule has 10 heteroatoms. The molecule has 4 rings (SSSR count). The number of ether oxygens (including phenoxy) is 5. The van der Waals surface area contributed by atoms with Crippen molar-refractivity contribution in [1.29, 1.82) is 0 Å². The molecule has 206 valence electrons. The molecule has 0 spiro atoms. The molecule has 1 heterocycles. The molecule has 39 heavy (non-hydrogen) atoms. The third-order valence-corrected chi connectivity index (χ3v) is 7.46. The fourth-order valence-electron chi connectivity index (χ4n) is 4.52.